The van der Waals surface area contributed by atoms with Crippen LogP contribution in [0.3, 0.4) is 0 Å². The number of halogens is 1. The molecule has 1 aliphatic carbocycles. The normalized spacial score (nSPS) is 21.6. The van der Waals surface area contributed by atoms with Crippen LogP contribution in [-0.4, -0.2) is 43.9 Å². The van der Waals surface area contributed by atoms with Crippen LogP contribution in [0, 0.1) is 11.7 Å². The average molecular weight is 415 g/mol. The van der Waals surface area contributed by atoms with Crippen LogP contribution in [0.4, 0.5) is 4.39 Å². The monoisotopic (exact) mass is 414 g/mol. The summed E-state index contributed by atoms with van der Waals surface area (Å²) < 4.78 is 15.2. The molecule has 1 aromatic heterocycles. The molecule has 0 bridgehead atoms. The lowest BCUT2D eigenvalue weighted by Crippen LogP contribution is -2.50. The molecule has 0 radical (unpaired) electrons. The van der Waals surface area contributed by atoms with Gasteiger partial charge in [-0.25, -0.2) is 4.39 Å². The topological polar surface area (TPSA) is 51.0 Å². The van der Waals surface area contributed by atoms with Crippen LogP contribution in [0.25, 0.3) is 11.4 Å². The first-order valence-corrected chi connectivity index (χ1v) is 11.4. The number of carbonyl (C=O) groups is 1. The van der Waals surface area contributed by atoms with Crippen LogP contribution in [0.5, 0.6) is 0 Å². The summed E-state index contributed by atoms with van der Waals surface area (Å²) >= 11 is 1.42. The molecule has 1 aromatic carbocycles. The van der Waals surface area contributed by atoms with E-state index in [0.29, 0.717) is 35.2 Å². The first kappa shape index (κ1) is 20.1. The molecule has 1 saturated heterocycles. The molecule has 154 valence electrons. The van der Waals surface area contributed by atoms with Crippen LogP contribution < -0.4 is 0 Å². The van der Waals surface area contributed by atoms with Gasteiger partial charge in [0.25, 0.3) is 0 Å². The van der Waals surface area contributed by atoms with E-state index in [1.807, 2.05) is 4.57 Å². The molecule has 2 fully saturated rings. The largest absolute Gasteiger partial charge is 0.339 e. The van der Waals surface area contributed by atoms with Gasteiger partial charge in [0.2, 0.25) is 5.91 Å². The van der Waals surface area contributed by atoms with Gasteiger partial charge in [0.1, 0.15) is 5.82 Å². The predicted octanol–water partition coefficient (Wildman–Crippen LogP) is 4.54. The third-order valence-electron chi connectivity index (χ3n) is 6.02. The minimum atomic E-state index is -0.286. The van der Waals surface area contributed by atoms with Crippen molar-refractivity contribution < 1.29 is 9.18 Å². The van der Waals surface area contributed by atoms with E-state index in [1.54, 1.807) is 18.2 Å². The second-order valence-corrected chi connectivity index (χ2v) is 8.78. The van der Waals surface area contributed by atoms with E-state index in [2.05, 4.69) is 21.7 Å². The lowest BCUT2D eigenvalue weighted by Gasteiger charge is -2.44. The van der Waals surface area contributed by atoms with Crippen LogP contribution >= 0.6 is 11.8 Å². The molecule has 0 unspecified atom stereocenters. The number of hydrogen-bond acceptors (Lipinski definition) is 4. The number of rotatable bonds is 6. The molecule has 2 aliphatic rings. The summed E-state index contributed by atoms with van der Waals surface area (Å²) in [6.45, 7) is 5.23. The maximum Gasteiger partial charge on any atom is 0.233 e. The van der Waals surface area contributed by atoms with Gasteiger partial charge in [-0.3, -0.25) is 9.36 Å². The molecule has 1 aliphatic heterocycles. The number of nitrogens with zero attached hydrogens (tertiary/aromatic N) is 4. The van der Waals surface area contributed by atoms with Crippen LogP contribution in [0.15, 0.2) is 42.1 Å². The number of hydrogen-bond donors (Lipinski definition) is 0. The van der Waals surface area contributed by atoms with Crippen LogP contribution in [0.1, 0.15) is 38.5 Å². The van der Waals surface area contributed by atoms with Gasteiger partial charge in [0, 0.05) is 24.7 Å². The van der Waals surface area contributed by atoms with E-state index in [0.717, 1.165) is 24.9 Å². The van der Waals surface area contributed by atoms with E-state index in [1.165, 1.54) is 49.6 Å². The van der Waals surface area contributed by atoms with Gasteiger partial charge in [-0.1, -0.05) is 30.7 Å². The molecule has 1 saturated carbocycles. The Morgan fingerprint density at radius 2 is 1.93 bits per heavy atom. The lowest BCUT2D eigenvalue weighted by molar-refractivity contribution is -0.134. The Morgan fingerprint density at radius 3 is 2.72 bits per heavy atom. The molecule has 2 aromatic rings. The van der Waals surface area contributed by atoms with Crippen LogP contribution in [-0.2, 0) is 11.3 Å². The van der Waals surface area contributed by atoms with Crippen molar-refractivity contribution in [2.24, 2.45) is 5.92 Å². The fourth-order valence-electron chi connectivity index (χ4n) is 4.65. The van der Waals surface area contributed by atoms with Crippen molar-refractivity contribution in [3.8, 4) is 11.4 Å². The fourth-order valence-corrected chi connectivity index (χ4v) is 5.48. The van der Waals surface area contributed by atoms with Crippen molar-refractivity contribution in [1.29, 1.82) is 0 Å². The number of carbonyl (C=O) groups excluding carboxylic acids is 1. The second kappa shape index (κ2) is 9.11. The van der Waals surface area contributed by atoms with Gasteiger partial charge >= 0.3 is 0 Å². The highest BCUT2D eigenvalue weighted by atomic mass is 32.2. The SMILES string of the molecule is C=CCn1c(SCC(=O)N2CCC[C@@H]3CCCC[C@H]32)nnc1-c1ccc(F)cc1. The number of fused-ring (bicyclic) bond motifs is 1. The zero-order chi connectivity index (χ0) is 20.2. The van der Waals surface area contributed by atoms with Crippen molar-refractivity contribution in [3.05, 3.63) is 42.7 Å². The van der Waals surface area contributed by atoms with Gasteiger partial charge < -0.3 is 4.90 Å². The number of likely N-dealkylation sites (tertiary alicyclic amines) is 1. The molecule has 0 N–H and O–H groups in total. The van der Waals surface area contributed by atoms with Gasteiger partial charge in [0.15, 0.2) is 11.0 Å². The number of amides is 1. The van der Waals surface area contributed by atoms with Crippen LogP contribution in [0.2, 0.25) is 0 Å². The zero-order valence-electron chi connectivity index (χ0n) is 16.6. The van der Waals surface area contributed by atoms with E-state index >= 15 is 0 Å². The van der Waals surface area contributed by atoms with Gasteiger partial charge in [-0.15, -0.1) is 16.8 Å². The molecule has 4 rings (SSSR count). The predicted molar refractivity (Wildman–Crippen MR) is 113 cm³/mol. The average Bonchev–Trinajstić information content (AvgIpc) is 3.15. The molecule has 2 atom stereocenters. The summed E-state index contributed by atoms with van der Waals surface area (Å²) in [5.74, 6) is 1.61. The van der Waals surface area contributed by atoms with Crippen molar-refractivity contribution in [3.63, 3.8) is 0 Å². The Hall–Kier alpha value is -2.15. The summed E-state index contributed by atoms with van der Waals surface area (Å²) in [5, 5.41) is 9.27. The molecule has 7 heteroatoms. The zero-order valence-corrected chi connectivity index (χ0v) is 17.4. The molecular formula is C22H27FN4OS. The fraction of sp³-hybridized carbons (Fsp3) is 0.500. The Labute approximate surface area is 175 Å². The Bertz CT molecular complexity index is 864. The van der Waals surface area contributed by atoms with E-state index in [-0.39, 0.29) is 11.7 Å². The molecule has 29 heavy (non-hydrogen) atoms. The highest BCUT2D eigenvalue weighted by Crippen LogP contribution is 2.36. The third-order valence-corrected chi connectivity index (χ3v) is 6.97. The minimum Gasteiger partial charge on any atom is -0.339 e. The molecule has 0 spiro atoms. The Morgan fingerprint density at radius 1 is 1.17 bits per heavy atom. The molecule has 1 amide bonds. The first-order chi connectivity index (χ1) is 14.2. The van der Waals surface area contributed by atoms with Gasteiger partial charge in [-0.05, 0) is 55.9 Å². The molecule has 5 nitrogen and oxygen atoms in total. The second-order valence-electron chi connectivity index (χ2n) is 7.84. The Kier molecular flexibility index (Phi) is 6.33. The summed E-state index contributed by atoms with van der Waals surface area (Å²) in [4.78, 5) is 15.1. The maximum absolute atomic E-state index is 13.3. The van der Waals surface area contributed by atoms with E-state index in [9.17, 15) is 9.18 Å². The highest BCUT2D eigenvalue weighted by molar-refractivity contribution is 7.99. The molecule has 2 heterocycles. The van der Waals surface area contributed by atoms with Crippen molar-refractivity contribution >= 4 is 17.7 Å². The Balaban J connectivity index is 1.47. The maximum atomic E-state index is 13.3. The minimum absolute atomic E-state index is 0.197. The smallest absolute Gasteiger partial charge is 0.233 e. The summed E-state index contributed by atoms with van der Waals surface area (Å²) in [7, 11) is 0. The van der Waals surface area contributed by atoms with Crippen molar-refractivity contribution in [1.82, 2.24) is 19.7 Å². The standard InChI is InChI=1S/C22H27FN4OS/c1-2-13-27-21(17-9-11-18(23)12-10-17)24-25-22(27)29-15-20(28)26-14-5-7-16-6-3-4-8-19(16)26/h2,9-12,16,19H,1,3-8,13-15H2/t16-,19+/m0/s1. The number of aromatic nitrogens is 3. The van der Waals surface area contributed by atoms with E-state index < -0.39 is 0 Å². The molecular weight excluding hydrogens is 387 g/mol. The summed E-state index contributed by atoms with van der Waals surface area (Å²) in [5.41, 5.74) is 0.792. The van der Waals surface area contributed by atoms with Crippen molar-refractivity contribution in [2.45, 2.75) is 56.3 Å². The first-order valence-electron chi connectivity index (χ1n) is 10.4. The van der Waals surface area contributed by atoms with Crippen molar-refractivity contribution in [2.75, 3.05) is 12.3 Å². The van der Waals surface area contributed by atoms with Gasteiger partial charge in [-0.2, -0.15) is 0 Å². The quantitative estimate of drug-likeness (QED) is 0.514. The number of thioether (sulfide) groups is 1. The number of benzene rings is 1. The number of allylic oxidation sites excluding steroid dienone is 1. The lowest BCUT2D eigenvalue weighted by atomic mass is 9.78. The summed E-state index contributed by atoms with van der Waals surface area (Å²) in [6, 6.07) is 6.63. The summed E-state index contributed by atoms with van der Waals surface area (Å²) in [6.07, 6.45) is 9.08. The number of piperidine rings is 1. The highest BCUT2D eigenvalue weighted by Gasteiger charge is 2.35. The van der Waals surface area contributed by atoms with Gasteiger partial charge in [0.05, 0.1) is 5.75 Å². The van der Waals surface area contributed by atoms with E-state index in [4.69, 9.17) is 0 Å². The third kappa shape index (κ3) is 4.39.